The molecule has 23 heavy (non-hydrogen) atoms. The van der Waals surface area contributed by atoms with Crippen molar-refractivity contribution in [1.29, 1.82) is 0 Å². The minimum Gasteiger partial charge on any atom is -0.354 e. The van der Waals surface area contributed by atoms with Gasteiger partial charge in [-0.15, -0.1) is 0 Å². The van der Waals surface area contributed by atoms with Gasteiger partial charge in [-0.25, -0.2) is 4.98 Å². The third-order valence-corrected chi connectivity index (χ3v) is 3.37. The molecule has 0 atom stereocenters. The zero-order valence-corrected chi connectivity index (χ0v) is 13.4. The van der Waals surface area contributed by atoms with Crippen LogP contribution in [0.3, 0.4) is 0 Å². The average Bonchev–Trinajstić information content (AvgIpc) is 2.55. The van der Waals surface area contributed by atoms with Crippen LogP contribution in [0, 0.1) is 0 Å². The number of pyridine rings is 1. The van der Waals surface area contributed by atoms with Gasteiger partial charge in [0.15, 0.2) is 5.78 Å². The summed E-state index contributed by atoms with van der Waals surface area (Å²) in [5.41, 5.74) is 2.36. The number of Topliss-reactive ketones (excluding diaryl/α,β-unsaturated/α-hetero) is 1. The van der Waals surface area contributed by atoms with Crippen molar-refractivity contribution in [1.82, 2.24) is 4.98 Å². The number of carbonyl (C=O) groups excluding carboxylic acids is 2. The largest absolute Gasteiger partial charge is 0.354 e. The van der Waals surface area contributed by atoms with Crippen LogP contribution >= 0.6 is 0 Å². The van der Waals surface area contributed by atoms with E-state index in [4.69, 9.17) is 0 Å². The molecule has 0 aliphatic rings. The summed E-state index contributed by atoms with van der Waals surface area (Å²) >= 11 is 0. The van der Waals surface area contributed by atoms with Gasteiger partial charge in [0.2, 0.25) is 5.91 Å². The number of ketones is 1. The number of amides is 1. The van der Waals surface area contributed by atoms with Gasteiger partial charge in [-0.2, -0.15) is 0 Å². The van der Waals surface area contributed by atoms with E-state index < -0.39 is 0 Å². The van der Waals surface area contributed by atoms with E-state index in [0.29, 0.717) is 17.8 Å². The van der Waals surface area contributed by atoms with Crippen molar-refractivity contribution in [2.75, 3.05) is 10.6 Å². The number of hydrogen-bond donors (Lipinski definition) is 2. The molecule has 2 N–H and O–H groups in total. The molecule has 0 aliphatic heterocycles. The second-order valence-corrected chi connectivity index (χ2v) is 5.34. The molecule has 0 aliphatic carbocycles. The highest BCUT2D eigenvalue weighted by Gasteiger charge is 2.03. The number of rotatable bonds is 7. The smallest absolute Gasteiger partial charge is 0.225 e. The summed E-state index contributed by atoms with van der Waals surface area (Å²) in [6, 6.07) is 10.9. The molecule has 120 valence electrons. The molecule has 1 aromatic heterocycles. The van der Waals surface area contributed by atoms with E-state index in [-0.39, 0.29) is 11.7 Å². The van der Waals surface area contributed by atoms with Crippen LogP contribution in [0.4, 0.5) is 17.2 Å². The Morgan fingerprint density at radius 3 is 2.30 bits per heavy atom. The Balaban J connectivity index is 1.94. The Morgan fingerprint density at radius 1 is 1.04 bits per heavy atom. The molecule has 5 nitrogen and oxygen atoms in total. The lowest BCUT2D eigenvalue weighted by atomic mass is 10.1. The van der Waals surface area contributed by atoms with Crippen LogP contribution in [0.5, 0.6) is 0 Å². The molecule has 5 heteroatoms. The Labute approximate surface area is 136 Å². The first-order valence-electron chi connectivity index (χ1n) is 7.72. The SMILES string of the molecule is CCCCC(=O)Nc1ccc(Nc2ccc(C(C)=O)cc2)cn1. The lowest BCUT2D eigenvalue weighted by molar-refractivity contribution is -0.116. The van der Waals surface area contributed by atoms with Crippen LogP contribution in [0.1, 0.15) is 43.5 Å². The summed E-state index contributed by atoms with van der Waals surface area (Å²) < 4.78 is 0. The molecule has 1 heterocycles. The third kappa shape index (κ3) is 5.21. The minimum absolute atomic E-state index is 0.0140. The summed E-state index contributed by atoms with van der Waals surface area (Å²) in [6.07, 6.45) is 4.04. The number of hydrogen-bond acceptors (Lipinski definition) is 4. The number of aromatic nitrogens is 1. The van der Waals surface area contributed by atoms with Gasteiger partial charge < -0.3 is 10.6 Å². The van der Waals surface area contributed by atoms with Crippen LogP contribution in [0.25, 0.3) is 0 Å². The van der Waals surface area contributed by atoms with Crippen LogP contribution in [0.2, 0.25) is 0 Å². The second kappa shape index (κ2) is 8.08. The molecule has 0 bridgehead atoms. The normalized spacial score (nSPS) is 10.2. The van der Waals surface area contributed by atoms with Crippen molar-refractivity contribution in [2.45, 2.75) is 33.1 Å². The molecule has 0 saturated carbocycles. The van der Waals surface area contributed by atoms with E-state index in [1.165, 1.54) is 0 Å². The predicted molar refractivity (Wildman–Crippen MR) is 92.1 cm³/mol. The number of nitrogens with one attached hydrogen (secondary N) is 2. The van der Waals surface area contributed by atoms with Crippen LogP contribution in [0.15, 0.2) is 42.6 Å². The number of anilines is 3. The first-order valence-corrected chi connectivity index (χ1v) is 7.72. The Kier molecular flexibility index (Phi) is 5.86. The fourth-order valence-corrected chi connectivity index (χ4v) is 2.04. The molecule has 2 rings (SSSR count). The fraction of sp³-hybridized carbons (Fsp3) is 0.278. The zero-order valence-electron chi connectivity index (χ0n) is 13.4. The van der Waals surface area contributed by atoms with Gasteiger partial charge >= 0.3 is 0 Å². The van der Waals surface area contributed by atoms with E-state index in [1.54, 1.807) is 31.3 Å². The monoisotopic (exact) mass is 311 g/mol. The lowest BCUT2D eigenvalue weighted by Crippen LogP contribution is -2.12. The Morgan fingerprint density at radius 2 is 1.74 bits per heavy atom. The zero-order chi connectivity index (χ0) is 16.7. The third-order valence-electron chi connectivity index (χ3n) is 3.37. The van der Waals surface area contributed by atoms with Gasteiger partial charge in [0.05, 0.1) is 11.9 Å². The molecule has 0 unspecified atom stereocenters. The number of unbranched alkanes of at least 4 members (excludes halogenated alkanes) is 1. The number of benzene rings is 1. The highest BCUT2D eigenvalue weighted by molar-refractivity contribution is 5.94. The average molecular weight is 311 g/mol. The van der Waals surface area contributed by atoms with Crippen LogP contribution in [-0.2, 0) is 4.79 Å². The number of nitrogens with zero attached hydrogens (tertiary/aromatic N) is 1. The molecular weight excluding hydrogens is 290 g/mol. The molecular formula is C18H21N3O2. The van der Waals surface area contributed by atoms with Gasteiger partial charge in [-0.3, -0.25) is 9.59 Å². The summed E-state index contributed by atoms with van der Waals surface area (Å²) in [5.74, 6) is 0.574. The van der Waals surface area contributed by atoms with Gasteiger partial charge in [-0.1, -0.05) is 13.3 Å². The Bertz CT molecular complexity index is 664. The van der Waals surface area contributed by atoms with Gasteiger partial charge in [-0.05, 0) is 49.7 Å². The standard InChI is InChI=1S/C18H21N3O2/c1-3-4-5-18(23)21-17-11-10-16(12-19-17)20-15-8-6-14(7-9-15)13(2)22/h6-12,20H,3-5H2,1-2H3,(H,19,21,23). The van der Waals surface area contributed by atoms with Gasteiger partial charge in [0.1, 0.15) is 5.82 Å². The molecule has 0 spiro atoms. The van der Waals surface area contributed by atoms with Gasteiger partial charge in [0, 0.05) is 17.7 Å². The van der Waals surface area contributed by atoms with Crippen molar-refractivity contribution in [3.8, 4) is 0 Å². The highest BCUT2D eigenvalue weighted by Crippen LogP contribution is 2.18. The second-order valence-electron chi connectivity index (χ2n) is 5.34. The first-order chi connectivity index (χ1) is 11.1. The maximum Gasteiger partial charge on any atom is 0.225 e. The van der Waals surface area contributed by atoms with E-state index >= 15 is 0 Å². The molecule has 1 aromatic carbocycles. The quantitative estimate of drug-likeness (QED) is 0.753. The fourth-order valence-electron chi connectivity index (χ4n) is 2.04. The summed E-state index contributed by atoms with van der Waals surface area (Å²) in [4.78, 5) is 27.1. The van der Waals surface area contributed by atoms with Crippen LogP contribution < -0.4 is 10.6 Å². The molecule has 0 radical (unpaired) electrons. The van der Waals surface area contributed by atoms with E-state index in [9.17, 15) is 9.59 Å². The van der Waals surface area contributed by atoms with Crippen molar-refractivity contribution in [2.24, 2.45) is 0 Å². The molecule has 0 saturated heterocycles. The maximum absolute atomic E-state index is 11.6. The predicted octanol–water partition coefficient (Wildman–Crippen LogP) is 4.16. The first kappa shape index (κ1) is 16.7. The summed E-state index contributed by atoms with van der Waals surface area (Å²) in [5, 5.41) is 5.97. The van der Waals surface area contributed by atoms with Crippen molar-refractivity contribution in [3.05, 3.63) is 48.2 Å². The lowest BCUT2D eigenvalue weighted by Gasteiger charge is -2.08. The molecule has 0 fully saturated rings. The van der Waals surface area contributed by atoms with E-state index in [2.05, 4.69) is 22.5 Å². The van der Waals surface area contributed by atoms with Gasteiger partial charge in [0.25, 0.3) is 0 Å². The Hall–Kier alpha value is -2.69. The van der Waals surface area contributed by atoms with Crippen molar-refractivity contribution >= 4 is 28.9 Å². The maximum atomic E-state index is 11.6. The molecule has 1 amide bonds. The summed E-state index contributed by atoms with van der Waals surface area (Å²) in [7, 11) is 0. The minimum atomic E-state index is -0.0140. The van der Waals surface area contributed by atoms with Crippen molar-refractivity contribution in [3.63, 3.8) is 0 Å². The molecule has 2 aromatic rings. The van der Waals surface area contributed by atoms with Crippen LogP contribution in [-0.4, -0.2) is 16.7 Å². The topological polar surface area (TPSA) is 71.1 Å². The van der Waals surface area contributed by atoms with E-state index in [0.717, 1.165) is 24.2 Å². The number of carbonyl (C=O) groups is 2. The van der Waals surface area contributed by atoms with Crippen molar-refractivity contribution < 1.29 is 9.59 Å². The highest BCUT2D eigenvalue weighted by atomic mass is 16.1. The van der Waals surface area contributed by atoms with E-state index in [1.807, 2.05) is 18.2 Å². The summed E-state index contributed by atoms with van der Waals surface area (Å²) in [6.45, 7) is 3.59.